The number of phenols is 1. The van der Waals surface area contributed by atoms with Gasteiger partial charge in [-0.25, -0.2) is 8.78 Å². The van der Waals surface area contributed by atoms with Gasteiger partial charge in [0.05, 0.1) is 0 Å². The summed E-state index contributed by atoms with van der Waals surface area (Å²) in [6.45, 7) is 1.88. The number of halogens is 3. The Bertz CT molecular complexity index is 2560. The van der Waals surface area contributed by atoms with Crippen LogP contribution in [0.5, 0.6) is 5.75 Å². The standard InChI is InChI=1S/C26H18ClF2N7O10S3/c1-11-3-2-4-13(7-11)30-25-32-24(27)33-26(34-25)31-14-5-6-15-12(8-14)9-18(47(38,39)40)20(21(15)37)36-35-17-10-16(28)22(48(41,42)43)19(29)23(17)49(44,45)46/h2-10,37H,1H3,(H,38,39,40)(H,41,42,43)(H,44,45,46)(H2,30,31,32,33,34). The zero-order chi connectivity index (χ0) is 36.1. The number of nitrogens with zero attached hydrogens (tertiary/aromatic N) is 5. The number of anilines is 4. The largest absolute Gasteiger partial charge is 0.505 e. The molecule has 0 aliphatic heterocycles. The molecule has 4 aromatic carbocycles. The first-order chi connectivity index (χ1) is 22.7. The number of aromatic nitrogens is 3. The fraction of sp³-hybridized carbons (Fsp3) is 0.0385. The minimum Gasteiger partial charge on any atom is -0.505 e. The highest BCUT2D eigenvalue weighted by atomic mass is 35.5. The average molecular weight is 758 g/mol. The van der Waals surface area contributed by atoms with Crippen molar-refractivity contribution < 1.29 is 52.8 Å². The second kappa shape index (κ2) is 12.8. The molecule has 0 fully saturated rings. The molecule has 5 aromatic rings. The van der Waals surface area contributed by atoms with E-state index in [0.29, 0.717) is 5.69 Å². The van der Waals surface area contributed by atoms with Crippen LogP contribution < -0.4 is 10.6 Å². The maximum atomic E-state index is 14.8. The maximum absolute atomic E-state index is 14.8. The molecule has 0 aliphatic carbocycles. The second-order valence-electron chi connectivity index (χ2n) is 9.85. The molecule has 0 saturated carbocycles. The van der Waals surface area contributed by atoms with E-state index in [0.717, 1.165) is 11.6 Å². The molecular formula is C26H18ClF2N7O10S3. The Morgan fingerprint density at radius 2 is 1.37 bits per heavy atom. The highest BCUT2D eigenvalue weighted by Crippen LogP contribution is 2.43. The lowest BCUT2D eigenvalue weighted by Gasteiger charge is -2.12. The molecule has 1 aromatic heterocycles. The summed E-state index contributed by atoms with van der Waals surface area (Å²) in [6.07, 6.45) is 0. The van der Waals surface area contributed by atoms with Crippen molar-refractivity contribution in [1.29, 1.82) is 0 Å². The Hall–Kier alpha value is -4.97. The zero-order valence-corrected chi connectivity index (χ0v) is 27.2. The van der Waals surface area contributed by atoms with Crippen molar-refractivity contribution in [2.75, 3.05) is 10.6 Å². The Labute approximate surface area is 279 Å². The minimum atomic E-state index is -5.74. The van der Waals surface area contributed by atoms with Gasteiger partial charge in [-0.3, -0.25) is 13.7 Å². The van der Waals surface area contributed by atoms with E-state index in [4.69, 9.17) is 16.2 Å². The molecule has 1 heterocycles. The van der Waals surface area contributed by atoms with Crippen LogP contribution in [0.15, 0.2) is 79.5 Å². The molecule has 0 atom stereocenters. The third-order valence-corrected chi connectivity index (χ3v) is 9.18. The first-order valence-corrected chi connectivity index (χ1v) is 17.6. The van der Waals surface area contributed by atoms with Gasteiger partial charge in [0.1, 0.15) is 22.1 Å². The summed E-state index contributed by atoms with van der Waals surface area (Å²) in [5, 5.41) is 22.9. The first-order valence-electron chi connectivity index (χ1n) is 12.9. The quantitative estimate of drug-likeness (QED) is 0.0787. The monoisotopic (exact) mass is 757 g/mol. The molecule has 0 aliphatic rings. The molecule has 0 amide bonds. The van der Waals surface area contributed by atoms with Crippen LogP contribution in [-0.2, 0) is 30.4 Å². The van der Waals surface area contributed by atoms with Crippen LogP contribution in [0.4, 0.5) is 43.4 Å². The lowest BCUT2D eigenvalue weighted by atomic mass is 10.1. The third kappa shape index (κ3) is 7.69. The van der Waals surface area contributed by atoms with Crippen molar-refractivity contribution >= 4 is 87.4 Å². The second-order valence-corrected chi connectivity index (χ2v) is 14.3. The maximum Gasteiger partial charge on any atom is 0.300 e. The third-order valence-electron chi connectivity index (χ3n) is 6.35. The van der Waals surface area contributed by atoms with E-state index in [2.05, 4.69) is 35.8 Å². The van der Waals surface area contributed by atoms with Crippen LogP contribution in [-0.4, -0.2) is 59.0 Å². The predicted molar refractivity (Wildman–Crippen MR) is 168 cm³/mol. The minimum absolute atomic E-state index is 0.0550. The molecule has 0 radical (unpaired) electrons. The van der Waals surface area contributed by atoms with Crippen LogP contribution in [0.3, 0.4) is 0 Å². The fourth-order valence-corrected chi connectivity index (χ4v) is 6.61. The van der Waals surface area contributed by atoms with Crippen molar-refractivity contribution in [3.8, 4) is 5.75 Å². The van der Waals surface area contributed by atoms with E-state index in [1.54, 1.807) is 12.1 Å². The smallest absolute Gasteiger partial charge is 0.300 e. The highest BCUT2D eigenvalue weighted by molar-refractivity contribution is 7.87. The van der Waals surface area contributed by atoms with Crippen molar-refractivity contribution in [3.63, 3.8) is 0 Å². The van der Waals surface area contributed by atoms with Gasteiger partial charge in [-0.2, -0.15) is 40.2 Å². The summed E-state index contributed by atoms with van der Waals surface area (Å²) in [5.74, 6) is -5.53. The number of rotatable bonds is 9. The molecule has 17 nitrogen and oxygen atoms in total. The lowest BCUT2D eigenvalue weighted by Crippen LogP contribution is -2.11. The van der Waals surface area contributed by atoms with Crippen LogP contribution in [0.25, 0.3) is 10.8 Å². The zero-order valence-electron chi connectivity index (χ0n) is 24.0. The number of hydrogen-bond donors (Lipinski definition) is 6. The number of benzene rings is 4. The van der Waals surface area contributed by atoms with Gasteiger partial charge in [0.25, 0.3) is 30.4 Å². The van der Waals surface area contributed by atoms with Crippen molar-refractivity contribution in [1.82, 2.24) is 15.0 Å². The number of aromatic hydroxyl groups is 1. The molecule has 0 unspecified atom stereocenters. The highest BCUT2D eigenvalue weighted by Gasteiger charge is 2.33. The predicted octanol–water partition coefficient (Wildman–Crippen LogP) is 5.61. The summed E-state index contributed by atoms with van der Waals surface area (Å²) >= 11 is 6.06. The average Bonchev–Trinajstić information content (AvgIpc) is 2.94. The van der Waals surface area contributed by atoms with Gasteiger partial charge in [-0.1, -0.05) is 12.1 Å². The Balaban J connectivity index is 1.58. The number of hydrogen-bond acceptors (Lipinski definition) is 14. The molecule has 6 N–H and O–H groups in total. The molecule has 49 heavy (non-hydrogen) atoms. The van der Waals surface area contributed by atoms with Gasteiger partial charge in [0.15, 0.2) is 21.4 Å². The molecule has 0 bridgehead atoms. The normalized spacial score (nSPS) is 12.5. The van der Waals surface area contributed by atoms with E-state index in [1.165, 1.54) is 18.2 Å². The van der Waals surface area contributed by atoms with Crippen molar-refractivity contribution in [2.45, 2.75) is 21.6 Å². The summed E-state index contributed by atoms with van der Waals surface area (Å²) in [5.41, 5.74) is -0.671. The molecule has 0 spiro atoms. The van der Waals surface area contributed by atoms with Gasteiger partial charge in [0, 0.05) is 22.8 Å². The fourth-order valence-electron chi connectivity index (χ4n) is 4.40. The first kappa shape index (κ1) is 35.3. The van der Waals surface area contributed by atoms with E-state index >= 15 is 0 Å². The van der Waals surface area contributed by atoms with Gasteiger partial charge < -0.3 is 15.7 Å². The van der Waals surface area contributed by atoms with E-state index in [9.17, 15) is 48.2 Å². The van der Waals surface area contributed by atoms with E-state index in [-0.39, 0.29) is 39.7 Å². The van der Waals surface area contributed by atoms with Crippen LogP contribution in [0.1, 0.15) is 5.56 Å². The summed E-state index contributed by atoms with van der Waals surface area (Å²) < 4.78 is 129. The van der Waals surface area contributed by atoms with Gasteiger partial charge in [-0.15, -0.1) is 10.2 Å². The summed E-state index contributed by atoms with van der Waals surface area (Å²) in [4.78, 5) is 6.98. The topological polar surface area (TPSA) is 271 Å². The number of fused-ring (bicyclic) bond motifs is 1. The number of aryl methyl sites for hydroxylation is 1. The van der Waals surface area contributed by atoms with Gasteiger partial charge in [-0.05, 0) is 65.9 Å². The number of phenolic OH excluding ortho intramolecular Hbond substituents is 1. The van der Waals surface area contributed by atoms with Crippen LogP contribution in [0, 0.1) is 18.6 Å². The lowest BCUT2D eigenvalue weighted by molar-refractivity contribution is 0.442. The van der Waals surface area contributed by atoms with Crippen LogP contribution in [0.2, 0.25) is 5.28 Å². The van der Waals surface area contributed by atoms with E-state index < -0.39 is 73.8 Å². The Morgan fingerprint density at radius 1 is 0.755 bits per heavy atom. The summed E-state index contributed by atoms with van der Waals surface area (Å²) in [6, 6.07) is 11.9. The van der Waals surface area contributed by atoms with Crippen molar-refractivity contribution in [3.05, 3.63) is 77.1 Å². The van der Waals surface area contributed by atoms with Gasteiger partial charge in [0.2, 0.25) is 17.2 Å². The molecule has 256 valence electrons. The number of azo groups is 1. The van der Waals surface area contributed by atoms with Crippen molar-refractivity contribution in [2.24, 2.45) is 10.2 Å². The molecule has 0 saturated heterocycles. The summed E-state index contributed by atoms with van der Waals surface area (Å²) in [7, 11) is -16.7. The van der Waals surface area contributed by atoms with E-state index in [1.807, 2.05) is 19.1 Å². The van der Waals surface area contributed by atoms with Gasteiger partial charge >= 0.3 is 0 Å². The molecular weight excluding hydrogens is 740 g/mol. The Kier molecular flexibility index (Phi) is 9.24. The van der Waals surface area contributed by atoms with Crippen LogP contribution >= 0.6 is 11.6 Å². The SMILES string of the molecule is Cc1cccc(Nc2nc(Cl)nc(Nc3ccc4c(O)c(N=Nc5cc(F)c(S(=O)(=O)O)c(F)c5S(=O)(=O)O)c(S(=O)(=O)O)cc4c3)n2)c1. The Morgan fingerprint density at radius 3 is 1.94 bits per heavy atom. The molecule has 5 rings (SSSR count). The molecule has 23 heteroatoms. The number of nitrogens with one attached hydrogen (secondary N) is 2.